The lowest BCUT2D eigenvalue weighted by molar-refractivity contribution is -0.165. The van der Waals surface area contributed by atoms with Gasteiger partial charge in [0.2, 0.25) is 11.3 Å². The van der Waals surface area contributed by atoms with E-state index in [9.17, 15) is 33.6 Å². The molecule has 0 spiro atoms. The predicted octanol–water partition coefficient (Wildman–Crippen LogP) is 2.37. The molecule has 2 heterocycles. The van der Waals surface area contributed by atoms with Crippen LogP contribution in [0.4, 0.5) is 0 Å². The number of amides is 2. The number of hydrogen-bond donors (Lipinski definition) is 2. The van der Waals surface area contributed by atoms with E-state index in [0.717, 1.165) is 4.90 Å². The SMILES string of the molecule is C=C1C[S+]([O-])[C@H]2C(NC(=O)C(CC(=O)c3ccccc3)(C(=O)O)c3ccccc3)C(=O)N2C1C(=O)OCc1ccc(OC)cc1. The van der Waals surface area contributed by atoms with Gasteiger partial charge in [0.25, 0.3) is 5.91 Å². The molecule has 0 bridgehead atoms. The second-order valence-electron chi connectivity index (χ2n) is 10.7. The van der Waals surface area contributed by atoms with E-state index in [-0.39, 0.29) is 29.1 Å². The molecule has 3 aromatic carbocycles. The van der Waals surface area contributed by atoms with E-state index in [1.54, 1.807) is 48.5 Å². The number of β-lactam (4-membered cyclic amide) rings is 1. The number of esters is 1. The highest BCUT2D eigenvalue weighted by Gasteiger charge is 2.64. The van der Waals surface area contributed by atoms with Crippen LogP contribution in [0.2, 0.25) is 0 Å². The van der Waals surface area contributed by atoms with Crippen molar-refractivity contribution in [2.45, 2.75) is 35.9 Å². The molecule has 12 heteroatoms. The molecule has 2 amide bonds. The quantitative estimate of drug-likeness (QED) is 0.0809. The Morgan fingerprint density at radius 3 is 2.24 bits per heavy atom. The Kier molecular flexibility index (Phi) is 9.07. The minimum atomic E-state index is -2.41. The fourth-order valence-corrected chi connectivity index (χ4v) is 7.18. The highest BCUT2D eigenvalue weighted by molar-refractivity contribution is 7.92. The number of Topliss-reactive ketones (excluding diaryl/α,β-unsaturated/α-hetero) is 1. The van der Waals surface area contributed by atoms with Crippen LogP contribution >= 0.6 is 0 Å². The van der Waals surface area contributed by atoms with E-state index in [4.69, 9.17) is 9.47 Å². The zero-order chi connectivity index (χ0) is 32.3. The number of rotatable bonds is 11. The molecule has 0 radical (unpaired) electrons. The summed E-state index contributed by atoms with van der Waals surface area (Å²) in [4.78, 5) is 67.8. The molecule has 5 atom stereocenters. The van der Waals surface area contributed by atoms with Gasteiger partial charge < -0.3 is 24.4 Å². The Morgan fingerprint density at radius 1 is 1.02 bits per heavy atom. The fourth-order valence-electron chi connectivity index (χ4n) is 5.51. The number of carbonyl (C=O) groups is 5. The maximum atomic E-state index is 14.0. The normalized spacial score (nSPS) is 21.9. The molecular weight excluding hydrogens is 600 g/mol. The number of nitrogens with zero attached hydrogens (tertiary/aromatic N) is 1. The molecule has 0 aliphatic carbocycles. The lowest BCUT2D eigenvalue weighted by Gasteiger charge is -2.52. The summed E-state index contributed by atoms with van der Waals surface area (Å²) in [6.45, 7) is 3.74. The van der Waals surface area contributed by atoms with Crippen LogP contribution < -0.4 is 10.1 Å². The minimum Gasteiger partial charge on any atom is -0.614 e. The van der Waals surface area contributed by atoms with Gasteiger partial charge in [-0.25, -0.2) is 4.79 Å². The number of ketones is 1. The standard InChI is InChI=1S/C33H30N2O9S/c1-20-19-45(42)29-26(28(37)35(29)27(20)30(38)44-18-21-13-15-24(43-2)16-14-21)34-31(39)33(32(40)41,23-11-7-4-8-12-23)17-25(36)22-9-5-3-6-10-22/h3-16,26-27,29H,1,17-19H2,2H3,(H,34,39)(H,40,41)/t26?,27?,29-,33?,45?/m0/s1. The summed E-state index contributed by atoms with van der Waals surface area (Å²) in [6.07, 6.45) is -0.738. The van der Waals surface area contributed by atoms with Crippen LogP contribution in [0.3, 0.4) is 0 Å². The van der Waals surface area contributed by atoms with Crippen molar-refractivity contribution in [2.75, 3.05) is 12.9 Å². The maximum Gasteiger partial charge on any atom is 0.333 e. The summed E-state index contributed by atoms with van der Waals surface area (Å²) >= 11 is -1.77. The summed E-state index contributed by atoms with van der Waals surface area (Å²) in [5, 5.41) is 11.8. The van der Waals surface area contributed by atoms with Gasteiger partial charge in [-0.15, -0.1) is 0 Å². The van der Waals surface area contributed by atoms with Gasteiger partial charge >= 0.3 is 11.9 Å². The van der Waals surface area contributed by atoms with Gasteiger partial charge in [0.15, 0.2) is 23.3 Å². The highest BCUT2D eigenvalue weighted by Crippen LogP contribution is 2.38. The molecule has 0 saturated carbocycles. The molecule has 232 valence electrons. The summed E-state index contributed by atoms with van der Waals surface area (Å²) in [5.74, 6) is -4.38. The van der Waals surface area contributed by atoms with Crippen LogP contribution in [0.25, 0.3) is 0 Å². The third-order valence-corrected chi connectivity index (χ3v) is 9.63. The second kappa shape index (κ2) is 13.0. The second-order valence-corrected chi connectivity index (χ2v) is 12.2. The lowest BCUT2D eigenvalue weighted by Crippen LogP contribution is -2.79. The fraction of sp³-hybridized carbons (Fsp3) is 0.242. The topological polar surface area (TPSA) is 162 Å². The van der Waals surface area contributed by atoms with Crippen molar-refractivity contribution in [2.24, 2.45) is 0 Å². The number of fused-ring (bicyclic) bond motifs is 1. The number of methoxy groups -OCH3 is 1. The van der Waals surface area contributed by atoms with Gasteiger partial charge in [0.05, 0.1) is 7.11 Å². The molecule has 5 rings (SSSR count). The van der Waals surface area contributed by atoms with Crippen LogP contribution in [0.15, 0.2) is 97.1 Å². The van der Waals surface area contributed by atoms with Crippen molar-refractivity contribution >= 4 is 40.7 Å². The molecule has 4 unspecified atom stereocenters. The number of aliphatic carboxylic acids is 1. The van der Waals surface area contributed by atoms with Crippen molar-refractivity contribution in [3.63, 3.8) is 0 Å². The van der Waals surface area contributed by atoms with Crippen LogP contribution in [-0.4, -0.2) is 74.4 Å². The number of nitrogens with one attached hydrogen (secondary N) is 1. The highest BCUT2D eigenvalue weighted by atomic mass is 32.2. The van der Waals surface area contributed by atoms with Crippen LogP contribution in [-0.2, 0) is 47.1 Å². The summed E-state index contributed by atoms with van der Waals surface area (Å²) < 4.78 is 23.8. The Balaban J connectivity index is 1.37. The zero-order valence-electron chi connectivity index (χ0n) is 24.2. The molecule has 2 saturated heterocycles. The van der Waals surface area contributed by atoms with Crippen molar-refractivity contribution in [1.29, 1.82) is 0 Å². The average molecular weight is 631 g/mol. The molecule has 2 N–H and O–H groups in total. The molecule has 2 aliphatic heterocycles. The first kappa shape index (κ1) is 31.5. The minimum absolute atomic E-state index is 0.0287. The summed E-state index contributed by atoms with van der Waals surface area (Å²) in [6, 6.07) is 19.7. The van der Waals surface area contributed by atoms with E-state index in [1.165, 1.54) is 43.5 Å². The Morgan fingerprint density at radius 2 is 1.64 bits per heavy atom. The number of benzene rings is 3. The Hall–Kier alpha value is -4.94. The van der Waals surface area contributed by atoms with Crippen molar-refractivity contribution in [1.82, 2.24) is 10.2 Å². The first-order valence-corrected chi connectivity index (χ1v) is 15.3. The first-order chi connectivity index (χ1) is 21.6. The molecular formula is C33H30N2O9S. The summed E-state index contributed by atoms with van der Waals surface area (Å²) in [7, 11) is 1.53. The van der Waals surface area contributed by atoms with Gasteiger partial charge in [-0.3, -0.25) is 24.1 Å². The maximum absolute atomic E-state index is 14.0. The van der Waals surface area contributed by atoms with Crippen molar-refractivity contribution in [3.8, 4) is 5.75 Å². The average Bonchev–Trinajstić information content (AvgIpc) is 3.05. The number of hydrogen-bond acceptors (Lipinski definition) is 8. The predicted molar refractivity (Wildman–Crippen MR) is 162 cm³/mol. The molecule has 45 heavy (non-hydrogen) atoms. The number of carboxylic acids is 1. The third kappa shape index (κ3) is 5.94. The monoisotopic (exact) mass is 630 g/mol. The Bertz CT molecular complexity index is 1630. The lowest BCUT2D eigenvalue weighted by atomic mass is 9.74. The number of carbonyl (C=O) groups excluding carboxylic acids is 4. The molecule has 2 fully saturated rings. The van der Waals surface area contributed by atoms with E-state index < -0.39 is 70.0 Å². The zero-order valence-corrected chi connectivity index (χ0v) is 25.0. The van der Waals surface area contributed by atoms with Crippen LogP contribution in [0.5, 0.6) is 5.75 Å². The number of carboxylic acid groups (broad SMARTS) is 1. The van der Waals surface area contributed by atoms with Gasteiger partial charge in [0, 0.05) is 17.6 Å². The molecule has 2 aliphatic rings. The van der Waals surface area contributed by atoms with Crippen molar-refractivity contribution in [3.05, 3.63) is 114 Å². The van der Waals surface area contributed by atoms with E-state index >= 15 is 0 Å². The summed E-state index contributed by atoms with van der Waals surface area (Å²) in [5.41, 5.74) is -1.30. The van der Waals surface area contributed by atoms with Crippen LogP contribution in [0, 0.1) is 0 Å². The molecule has 11 nitrogen and oxygen atoms in total. The van der Waals surface area contributed by atoms with Gasteiger partial charge in [-0.05, 0) is 34.4 Å². The third-order valence-electron chi connectivity index (χ3n) is 7.93. The van der Waals surface area contributed by atoms with Crippen molar-refractivity contribution < 1.29 is 43.1 Å². The van der Waals surface area contributed by atoms with Crippen LogP contribution in [0.1, 0.15) is 27.9 Å². The number of ether oxygens (including phenoxy) is 2. The largest absolute Gasteiger partial charge is 0.614 e. The Labute approximate surface area is 262 Å². The molecule has 0 aromatic heterocycles. The van der Waals surface area contributed by atoms with E-state index in [0.29, 0.717) is 11.3 Å². The van der Waals surface area contributed by atoms with Gasteiger partial charge in [-0.2, -0.15) is 0 Å². The first-order valence-electron chi connectivity index (χ1n) is 13.9. The van der Waals surface area contributed by atoms with Gasteiger partial charge in [0.1, 0.15) is 18.1 Å². The smallest absolute Gasteiger partial charge is 0.333 e. The van der Waals surface area contributed by atoms with E-state index in [2.05, 4.69) is 11.9 Å². The van der Waals surface area contributed by atoms with E-state index in [1.807, 2.05) is 0 Å². The molecule has 3 aromatic rings. The van der Waals surface area contributed by atoms with Gasteiger partial charge in [-0.1, -0.05) is 79.4 Å².